The second-order valence-electron chi connectivity index (χ2n) is 7.32. The molecule has 0 heterocycles. The van der Waals surface area contributed by atoms with Crippen LogP contribution >= 0.6 is 0 Å². The third-order valence-electron chi connectivity index (χ3n) is 5.77. The van der Waals surface area contributed by atoms with Crippen molar-refractivity contribution in [2.75, 3.05) is 34.2 Å². The van der Waals surface area contributed by atoms with E-state index in [1.54, 1.807) is 5.57 Å². The van der Waals surface area contributed by atoms with Crippen molar-refractivity contribution in [2.45, 2.75) is 62.9 Å². The second-order valence-corrected chi connectivity index (χ2v) is 7.32. The van der Waals surface area contributed by atoms with E-state index in [9.17, 15) is 0 Å². The van der Waals surface area contributed by atoms with Gasteiger partial charge in [0.1, 0.15) is 0 Å². The Morgan fingerprint density at radius 2 is 1.91 bits per heavy atom. The number of hydrogen-bond acceptors (Lipinski definition) is 3. The summed E-state index contributed by atoms with van der Waals surface area (Å²) in [5.41, 5.74) is 2.21. The van der Waals surface area contributed by atoms with E-state index >= 15 is 0 Å². The van der Waals surface area contributed by atoms with Gasteiger partial charge in [-0.05, 0) is 78.2 Å². The van der Waals surface area contributed by atoms with E-state index in [1.165, 1.54) is 44.9 Å². The molecule has 0 saturated heterocycles. The molecular formula is C19H35N3. The van der Waals surface area contributed by atoms with Gasteiger partial charge in [0.15, 0.2) is 0 Å². The van der Waals surface area contributed by atoms with Gasteiger partial charge in [-0.25, -0.2) is 0 Å². The number of likely N-dealkylation sites (N-methyl/N-ethyl adjacent to an activating group) is 2. The van der Waals surface area contributed by atoms with Crippen LogP contribution in [-0.4, -0.2) is 50.2 Å². The van der Waals surface area contributed by atoms with Gasteiger partial charge >= 0.3 is 0 Å². The molecule has 0 spiro atoms. The summed E-state index contributed by atoms with van der Waals surface area (Å²) in [7, 11) is 6.62. The molecule has 126 valence electrons. The molecule has 0 aromatic heterocycles. The minimum atomic E-state index is 0.274. The first-order valence-corrected chi connectivity index (χ1v) is 9.02. The molecule has 0 radical (unpaired) electrons. The smallest absolute Gasteiger partial charge is 0.0419 e. The highest BCUT2D eigenvalue weighted by molar-refractivity contribution is 5.30. The van der Waals surface area contributed by atoms with Crippen molar-refractivity contribution in [2.24, 2.45) is 0 Å². The van der Waals surface area contributed by atoms with Crippen LogP contribution in [0.1, 0.15) is 51.9 Å². The van der Waals surface area contributed by atoms with Crippen LogP contribution in [-0.2, 0) is 0 Å². The van der Waals surface area contributed by atoms with E-state index in [-0.39, 0.29) is 11.1 Å². The van der Waals surface area contributed by atoms with Gasteiger partial charge in [0, 0.05) is 17.6 Å². The lowest BCUT2D eigenvalue weighted by molar-refractivity contribution is 0.0826. The Bertz CT molecular complexity index is 401. The van der Waals surface area contributed by atoms with Gasteiger partial charge in [0.05, 0.1) is 0 Å². The molecule has 2 N–H and O–H groups in total. The zero-order valence-corrected chi connectivity index (χ0v) is 15.0. The molecule has 2 aliphatic carbocycles. The fraction of sp³-hybridized carbons (Fsp3) is 0.789. The molecule has 22 heavy (non-hydrogen) atoms. The number of allylic oxidation sites excluding steroid dienone is 3. The minimum absolute atomic E-state index is 0.274. The molecule has 3 nitrogen and oxygen atoms in total. The maximum atomic E-state index is 3.85. The van der Waals surface area contributed by atoms with Crippen LogP contribution in [0.4, 0.5) is 0 Å². The molecule has 2 aliphatic rings. The van der Waals surface area contributed by atoms with E-state index in [2.05, 4.69) is 61.8 Å². The Morgan fingerprint density at radius 1 is 1.18 bits per heavy atom. The Kier molecular flexibility index (Phi) is 6.25. The second kappa shape index (κ2) is 7.76. The Hall–Kier alpha value is -0.640. The van der Waals surface area contributed by atoms with Crippen LogP contribution in [0.3, 0.4) is 0 Å². The molecular weight excluding hydrogens is 270 g/mol. The largest absolute Gasteiger partial charge is 0.318 e. The lowest BCUT2D eigenvalue weighted by Crippen LogP contribution is -2.60. The summed E-state index contributed by atoms with van der Waals surface area (Å²) in [6, 6.07) is 0. The van der Waals surface area contributed by atoms with Crippen molar-refractivity contribution in [3.63, 3.8) is 0 Å². The molecule has 2 rings (SSSR count). The summed E-state index contributed by atoms with van der Waals surface area (Å²) in [5, 5.41) is 7.27. The maximum Gasteiger partial charge on any atom is 0.0419 e. The Labute approximate surface area is 137 Å². The standard InChI is InChI=1S/C19H35N3/c1-5-15-21-18(16-20-2)11-13-19(14-12-18,22(3)4)17-9-7-6-8-10-17/h6-7,9,20-21H,5,8,10-16H2,1-4H3. The molecule has 3 heteroatoms. The maximum absolute atomic E-state index is 3.85. The Morgan fingerprint density at radius 3 is 2.41 bits per heavy atom. The van der Waals surface area contributed by atoms with E-state index in [0.29, 0.717) is 0 Å². The third-order valence-corrected chi connectivity index (χ3v) is 5.77. The van der Waals surface area contributed by atoms with Gasteiger partial charge in [-0.15, -0.1) is 0 Å². The van der Waals surface area contributed by atoms with Gasteiger partial charge in [-0.1, -0.05) is 25.2 Å². The highest BCUT2D eigenvalue weighted by Gasteiger charge is 2.45. The van der Waals surface area contributed by atoms with Gasteiger partial charge < -0.3 is 10.6 Å². The van der Waals surface area contributed by atoms with E-state index < -0.39 is 0 Å². The van der Waals surface area contributed by atoms with Crippen LogP contribution in [0.15, 0.2) is 23.8 Å². The highest BCUT2D eigenvalue weighted by atomic mass is 15.2. The molecule has 0 amide bonds. The van der Waals surface area contributed by atoms with Gasteiger partial charge in [-0.2, -0.15) is 0 Å². The molecule has 1 saturated carbocycles. The Balaban J connectivity index is 2.14. The number of nitrogens with one attached hydrogen (secondary N) is 2. The van der Waals surface area contributed by atoms with E-state index in [4.69, 9.17) is 0 Å². The van der Waals surface area contributed by atoms with Crippen LogP contribution in [0.5, 0.6) is 0 Å². The van der Waals surface area contributed by atoms with E-state index in [1.807, 2.05) is 0 Å². The molecule has 1 fully saturated rings. The van der Waals surface area contributed by atoms with Crippen molar-refractivity contribution in [1.82, 2.24) is 15.5 Å². The average Bonchev–Trinajstić information content (AvgIpc) is 2.55. The number of nitrogens with zero attached hydrogens (tertiary/aromatic N) is 1. The van der Waals surface area contributed by atoms with Crippen LogP contribution in [0.25, 0.3) is 0 Å². The average molecular weight is 306 g/mol. The predicted molar refractivity (Wildman–Crippen MR) is 96.3 cm³/mol. The molecule has 0 bridgehead atoms. The molecule has 0 unspecified atom stereocenters. The van der Waals surface area contributed by atoms with Gasteiger partial charge in [0.2, 0.25) is 0 Å². The zero-order chi connectivity index (χ0) is 16.1. The van der Waals surface area contributed by atoms with Crippen LogP contribution in [0.2, 0.25) is 0 Å². The molecule has 0 atom stereocenters. The van der Waals surface area contributed by atoms with Crippen molar-refractivity contribution in [3.8, 4) is 0 Å². The van der Waals surface area contributed by atoms with Crippen LogP contribution < -0.4 is 10.6 Å². The lowest BCUT2D eigenvalue weighted by atomic mass is 9.67. The van der Waals surface area contributed by atoms with Gasteiger partial charge in [0.25, 0.3) is 0 Å². The molecule has 0 aliphatic heterocycles. The normalized spacial score (nSPS) is 32.3. The highest BCUT2D eigenvalue weighted by Crippen LogP contribution is 2.44. The summed E-state index contributed by atoms with van der Waals surface area (Å²) in [4.78, 5) is 2.49. The fourth-order valence-electron chi connectivity index (χ4n) is 4.33. The molecule has 0 aromatic rings. The monoisotopic (exact) mass is 305 g/mol. The summed E-state index contributed by atoms with van der Waals surface area (Å²) in [5.74, 6) is 0. The first-order valence-electron chi connectivity index (χ1n) is 9.02. The summed E-state index contributed by atoms with van der Waals surface area (Å²) in [6.07, 6.45) is 15.6. The van der Waals surface area contributed by atoms with Crippen LogP contribution in [0, 0.1) is 0 Å². The minimum Gasteiger partial charge on any atom is -0.318 e. The summed E-state index contributed by atoms with van der Waals surface area (Å²) in [6.45, 7) is 4.46. The van der Waals surface area contributed by atoms with Crippen molar-refractivity contribution < 1.29 is 0 Å². The first kappa shape index (κ1) is 17.7. The SMILES string of the molecule is CCCNC1(CNC)CCC(C2=CC=CCC2)(N(C)C)CC1. The van der Waals surface area contributed by atoms with Crippen molar-refractivity contribution in [1.29, 1.82) is 0 Å². The summed E-state index contributed by atoms with van der Waals surface area (Å²) >= 11 is 0. The predicted octanol–water partition coefficient (Wildman–Crippen LogP) is 3.10. The quantitative estimate of drug-likeness (QED) is 0.757. The van der Waals surface area contributed by atoms with Crippen molar-refractivity contribution >= 4 is 0 Å². The number of hydrogen-bond donors (Lipinski definition) is 2. The van der Waals surface area contributed by atoms with Gasteiger partial charge in [-0.3, -0.25) is 4.90 Å². The summed E-state index contributed by atoms with van der Waals surface area (Å²) < 4.78 is 0. The number of rotatable bonds is 7. The molecule has 0 aromatic carbocycles. The van der Waals surface area contributed by atoms with Crippen molar-refractivity contribution in [3.05, 3.63) is 23.8 Å². The fourth-order valence-corrected chi connectivity index (χ4v) is 4.33. The first-order chi connectivity index (χ1) is 10.6. The third kappa shape index (κ3) is 3.64. The zero-order valence-electron chi connectivity index (χ0n) is 15.0. The van der Waals surface area contributed by atoms with E-state index in [0.717, 1.165) is 13.1 Å². The topological polar surface area (TPSA) is 27.3 Å². The lowest BCUT2D eigenvalue weighted by Gasteiger charge is -2.51.